The van der Waals surface area contributed by atoms with Crippen LogP contribution in [0.15, 0.2) is 42.5 Å². The minimum atomic E-state index is -4.40. The van der Waals surface area contributed by atoms with E-state index in [1.165, 1.54) is 24.3 Å². The Morgan fingerprint density at radius 3 is 2.05 bits per heavy atom. The third kappa shape index (κ3) is 2.93. The molecule has 0 fully saturated rings. The van der Waals surface area contributed by atoms with E-state index >= 15 is 0 Å². The van der Waals surface area contributed by atoms with E-state index in [2.05, 4.69) is 0 Å². The molecule has 0 spiro atoms. The highest BCUT2D eigenvalue weighted by Crippen LogP contribution is 2.31. The summed E-state index contributed by atoms with van der Waals surface area (Å²) in [5, 5.41) is 9.03. The van der Waals surface area contributed by atoms with Crippen LogP contribution in [0.1, 0.15) is 15.9 Å². The Morgan fingerprint density at radius 2 is 1.55 bits per heavy atom. The first-order valence-corrected chi connectivity index (χ1v) is 5.87. The Balaban J connectivity index is 2.42. The van der Waals surface area contributed by atoms with Crippen molar-refractivity contribution < 1.29 is 23.1 Å². The predicted octanol–water partition coefficient (Wildman–Crippen LogP) is 4.72. The molecule has 2 rings (SSSR count). The van der Waals surface area contributed by atoms with Gasteiger partial charge in [0.1, 0.15) is 0 Å². The zero-order chi connectivity index (χ0) is 14.9. The monoisotopic (exact) mass is 300 g/mol. The molecule has 0 heterocycles. The molecule has 104 valence electrons. The Hall–Kier alpha value is -2.01. The van der Waals surface area contributed by atoms with Crippen LogP contribution in [0.2, 0.25) is 5.02 Å². The summed E-state index contributed by atoms with van der Waals surface area (Å²) in [6.45, 7) is 0. The fraction of sp³-hybridized carbons (Fsp3) is 0.0714. The molecule has 0 aromatic heterocycles. The summed E-state index contributed by atoms with van der Waals surface area (Å²) < 4.78 is 37.3. The number of aromatic carboxylic acids is 1. The normalized spacial score (nSPS) is 11.4. The summed E-state index contributed by atoms with van der Waals surface area (Å²) in [6.07, 6.45) is -4.40. The molecule has 0 radical (unpaired) electrons. The lowest BCUT2D eigenvalue weighted by molar-refractivity contribution is -0.137. The van der Waals surface area contributed by atoms with Crippen molar-refractivity contribution in [3.8, 4) is 11.1 Å². The smallest absolute Gasteiger partial charge is 0.416 e. The second-order valence-corrected chi connectivity index (χ2v) is 4.48. The van der Waals surface area contributed by atoms with Crippen LogP contribution >= 0.6 is 11.6 Å². The van der Waals surface area contributed by atoms with E-state index in [9.17, 15) is 18.0 Å². The van der Waals surface area contributed by atoms with Crippen molar-refractivity contribution in [2.24, 2.45) is 0 Å². The van der Waals surface area contributed by atoms with Gasteiger partial charge in [-0.15, -0.1) is 0 Å². The number of alkyl halides is 3. The number of carboxylic acid groups (broad SMARTS) is 1. The van der Waals surface area contributed by atoms with Crippen molar-refractivity contribution in [2.75, 3.05) is 0 Å². The van der Waals surface area contributed by atoms with Gasteiger partial charge in [-0.1, -0.05) is 29.8 Å². The van der Waals surface area contributed by atoms with Gasteiger partial charge in [0.2, 0.25) is 0 Å². The van der Waals surface area contributed by atoms with Gasteiger partial charge in [0.05, 0.1) is 16.1 Å². The maximum Gasteiger partial charge on any atom is 0.416 e. The molecule has 0 atom stereocenters. The third-order valence-electron chi connectivity index (χ3n) is 2.74. The largest absolute Gasteiger partial charge is 0.478 e. The van der Waals surface area contributed by atoms with Crippen LogP contribution in [-0.4, -0.2) is 11.1 Å². The van der Waals surface area contributed by atoms with E-state index in [1.807, 2.05) is 0 Å². The van der Waals surface area contributed by atoms with Crippen LogP contribution in [0.5, 0.6) is 0 Å². The average Bonchev–Trinajstić information content (AvgIpc) is 2.38. The quantitative estimate of drug-likeness (QED) is 0.871. The molecule has 0 aliphatic heterocycles. The maximum atomic E-state index is 12.4. The van der Waals surface area contributed by atoms with Crippen LogP contribution in [0.4, 0.5) is 13.2 Å². The van der Waals surface area contributed by atoms with Crippen molar-refractivity contribution in [3.63, 3.8) is 0 Å². The van der Waals surface area contributed by atoms with Crippen molar-refractivity contribution in [3.05, 3.63) is 58.6 Å². The van der Waals surface area contributed by atoms with Gasteiger partial charge < -0.3 is 5.11 Å². The molecule has 2 nitrogen and oxygen atoms in total. The molecule has 0 unspecified atom stereocenters. The molecule has 0 amide bonds. The van der Waals surface area contributed by atoms with Gasteiger partial charge in [-0.3, -0.25) is 0 Å². The van der Waals surface area contributed by atoms with Gasteiger partial charge in [0.25, 0.3) is 0 Å². The lowest BCUT2D eigenvalue weighted by Crippen LogP contribution is -2.04. The highest BCUT2D eigenvalue weighted by Gasteiger charge is 2.29. The molecule has 6 heteroatoms. The number of benzene rings is 2. The summed E-state index contributed by atoms with van der Waals surface area (Å²) in [6, 6.07) is 8.76. The van der Waals surface area contributed by atoms with Crippen molar-refractivity contribution >= 4 is 17.6 Å². The van der Waals surface area contributed by atoms with Crippen LogP contribution < -0.4 is 0 Å². The van der Waals surface area contributed by atoms with Crippen LogP contribution in [0.25, 0.3) is 11.1 Å². The number of carboxylic acids is 1. The number of rotatable bonds is 2. The van der Waals surface area contributed by atoms with Crippen molar-refractivity contribution in [1.29, 1.82) is 0 Å². The fourth-order valence-electron chi connectivity index (χ4n) is 1.72. The first-order valence-electron chi connectivity index (χ1n) is 5.49. The highest BCUT2D eigenvalue weighted by molar-refractivity contribution is 6.33. The number of hydrogen-bond acceptors (Lipinski definition) is 1. The Kier molecular flexibility index (Phi) is 3.72. The van der Waals surface area contributed by atoms with E-state index in [4.69, 9.17) is 16.7 Å². The van der Waals surface area contributed by atoms with Crippen LogP contribution in [0.3, 0.4) is 0 Å². The number of halogens is 4. The standard InChI is InChI=1S/C14H8ClF3O2/c15-12-6-3-9(7-11(12)13(19)20)8-1-4-10(5-2-8)14(16,17)18/h1-7H,(H,19,20). The first kappa shape index (κ1) is 14.4. The summed E-state index contributed by atoms with van der Waals surface area (Å²) in [7, 11) is 0. The van der Waals surface area contributed by atoms with Crippen LogP contribution in [-0.2, 0) is 6.18 Å². The van der Waals surface area contributed by atoms with Crippen LogP contribution in [0, 0.1) is 0 Å². The summed E-state index contributed by atoms with van der Waals surface area (Å²) in [5.41, 5.74) is 0.121. The molecular formula is C14H8ClF3O2. The Bertz CT molecular complexity index is 648. The van der Waals surface area contributed by atoms with E-state index in [0.29, 0.717) is 11.1 Å². The van der Waals surface area contributed by atoms with Gasteiger partial charge >= 0.3 is 12.1 Å². The molecule has 20 heavy (non-hydrogen) atoms. The zero-order valence-electron chi connectivity index (χ0n) is 9.91. The minimum absolute atomic E-state index is 0.0770. The van der Waals surface area contributed by atoms with E-state index < -0.39 is 17.7 Å². The van der Waals surface area contributed by atoms with Gasteiger partial charge in [-0.05, 0) is 35.4 Å². The summed E-state index contributed by atoms with van der Waals surface area (Å²) >= 11 is 5.73. The van der Waals surface area contributed by atoms with E-state index in [-0.39, 0.29) is 10.6 Å². The fourth-order valence-corrected chi connectivity index (χ4v) is 1.92. The highest BCUT2D eigenvalue weighted by atomic mass is 35.5. The molecule has 0 aliphatic rings. The lowest BCUT2D eigenvalue weighted by Gasteiger charge is -2.08. The lowest BCUT2D eigenvalue weighted by atomic mass is 10.0. The third-order valence-corrected chi connectivity index (χ3v) is 3.07. The maximum absolute atomic E-state index is 12.4. The molecule has 0 aliphatic carbocycles. The molecule has 0 saturated carbocycles. The molecule has 2 aromatic rings. The SMILES string of the molecule is O=C(O)c1cc(-c2ccc(C(F)(F)F)cc2)ccc1Cl. The minimum Gasteiger partial charge on any atom is -0.478 e. The summed E-state index contributed by atoms with van der Waals surface area (Å²) in [4.78, 5) is 11.0. The Labute approximate surface area is 117 Å². The second-order valence-electron chi connectivity index (χ2n) is 4.07. The topological polar surface area (TPSA) is 37.3 Å². The van der Waals surface area contributed by atoms with E-state index in [0.717, 1.165) is 12.1 Å². The van der Waals surface area contributed by atoms with Crippen molar-refractivity contribution in [2.45, 2.75) is 6.18 Å². The van der Waals surface area contributed by atoms with Crippen molar-refractivity contribution in [1.82, 2.24) is 0 Å². The average molecular weight is 301 g/mol. The summed E-state index contributed by atoms with van der Waals surface area (Å²) in [5.74, 6) is -1.19. The van der Waals surface area contributed by atoms with Gasteiger partial charge in [-0.25, -0.2) is 4.79 Å². The molecule has 0 bridgehead atoms. The number of hydrogen-bond donors (Lipinski definition) is 1. The van der Waals surface area contributed by atoms with Gasteiger partial charge in [-0.2, -0.15) is 13.2 Å². The van der Waals surface area contributed by atoms with E-state index in [1.54, 1.807) is 6.07 Å². The first-order chi connectivity index (χ1) is 9.29. The molecule has 0 saturated heterocycles. The van der Waals surface area contributed by atoms with Gasteiger partial charge in [0, 0.05) is 0 Å². The second kappa shape index (κ2) is 5.17. The molecule has 2 aromatic carbocycles. The predicted molar refractivity (Wildman–Crippen MR) is 68.8 cm³/mol. The zero-order valence-corrected chi connectivity index (χ0v) is 10.7. The molecular weight excluding hydrogens is 293 g/mol. The Morgan fingerprint density at radius 1 is 1.00 bits per heavy atom. The van der Waals surface area contributed by atoms with Gasteiger partial charge in [0.15, 0.2) is 0 Å². The molecule has 1 N–H and O–H groups in total. The number of carbonyl (C=O) groups is 1.